The highest BCUT2D eigenvalue weighted by molar-refractivity contribution is 5.85. The smallest absolute Gasteiger partial charge is 0.230 e. The molecule has 1 fully saturated rings. The highest BCUT2D eigenvalue weighted by Crippen LogP contribution is 2.36. The molecule has 9 nitrogen and oxygen atoms in total. The second kappa shape index (κ2) is 6.84. The summed E-state index contributed by atoms with van der Waals surface area (Å²) in [7, 11) is 0. The van der Waals surface area contributed by atoms with Gasteiger partial charge in [0.2, 0.25) is 11.7 Å². The van der Waals surface area contributed by atoms with E-state index < -0.39 is 0 Å². The maximum atomic E-state index is 10.8. The summed E-state index contributed by atoms with van der Waals surface area (Å²) in [6.07, 6.45) is 6.89. The van der Waals surface area contributed by atoms with Gasteiger partial charge in [0.05, 0.1) is 11.6 Å². The summed E-state index contributed by atoms with van der Waals surface area (Å²) in [6, 6.07) is 7.39. The Morgan fingerprint density at radius 1 is 1.18 bits per heavy atom. The molecule has 2 N–H and O–H groups in total. The van der Waals surface area contributed by atoms with Crippen molar-refractivity contribution in [3.05, 3.63) is 48.2 Å². The van der Waals surface area contributed by atoms with Crippen LogP contribution in [0, 0.1) is 0 Å². The van der Waals surface area contributed by atoms with Crippen molar-refractivity contribution < 1.29 is 9.32 Å². The molecule has 2 atom stereocenters. The Balaban J connectivity index is 1.29. The molecule has 0 spiro atoms. The monoisotopic (exact) mass is 375 g/mol. The van der Waals surface area contributed by atoms with E-state index in [1.54, 1.807) is 18.3 Å². The van der Waals surface area contributed by atoms with E-state index in [2.05, 4.69) is 35.6 Å². The van der Waals surface area contributed by atoms with Gasteiger partial charge in [-0.1, -0.05) is 29.4 Å². The van der Waals surface area contributed by atoms with Gasteiger partial charge >= 0.3 is 0 Å². The Kier molecular flexibility index (Phi) is 4.04. The SMILES string of the molecule is O=Cc1ccc(-c2noc([C@H]3CC[C@H](Nc4ncnc5[nH]ncc45)C3)n2)cc1. The topological polar surface area (TPSA) is 122 Å². The highest BCUT2D eigenvalue weighted by atomic mass is 16.5. The van der Waals surface area contributed by atoms with Gasteiger partial charge in [0.15, 0.2) is 5.65 Å². The van der Waals surface area contributed by atoms with Crippen LogP contribution in [0.3, 0.4) is 0 Å². The number of rotatable bonds is 5. The normalized spacial score (nSPS) is 19.1. The van der Waals surface area contributed by atoms with Crippen LogP contribution in [0.2, 0.25) is 0 Å². The Hall–Kier alpha value is -3.62. The van der Waals surface area contributed by atoms with E-state index in [0.29, 0.717) is 22.9 Å². The minimum Gasteiger partial charge on any atom is -0.367 e. The molecule has 1 aromatic carbocycles. The third kappa shape index (κ3) is 3.00. The van der Waals surface area contributed by atoms with Crippen LogP contribution >= 0.6 is 0 Å². The predicted molar refractivity (Wildman–Crippen MR) is 101 cm³/mol. The highest BCUT2D eigenvalue weighted by Gasteiger charge is 2.30. The van der Waals surface area contributed by atoms with E-state index in [0.717, 1.165) is 42.3 Å². The third-order valence-corrected chi connectivity index (χ3v) is 5.12. The number of carbonyl (C=O) groups is 1. The molecule has 1 aliphatic carbocycles. The van der Waals surface area contributed by atoms with Gasteiger partial charge in [0, 0.05) is 23.1 Å². The molecule has 28 heavy (non-hydrogen) atoms. The van der Waals surface area contributed by atoms with Crippen LogP contribution < -0.4 is 5.32 Å². The van der Waals surface area contributed by atoms with E-state index >= 15 is 0 Å². The van der Waals surface area contributed by atoms with Gasteiger partial charge in [-0.15, -0.1) is 0 Å². The number of aromatic amines is 1. The zero-order valence-corrected chi connectivity index (χ0v) is 14.9. The molecule has 0 aliphatic heterocycles. The maximum Gasteiger partial charge on any atom is 0.230 e. The van der Waals surface area contributed by atoms with Crippen LogP contribution in [0.15, 0.2) is 41.3 Å². The first-order chi connectivity index (χ1) is 13.8. The summed E-state index contributed by atoms with van der Waals surface area (Å²) in [5.74, 6) is 2.18. The van der Waals surface area contributed by atoms with E-state index in [-0.39, 0.29) is 12.0 Å². The number of carbonyl (C=O) groups excluding carboxylic acids is 1. The van der Waals surface area contributed by atoms with E-state index in [9.17, 15) is 4.79 Å². The zero-order valence-electron chi connectivity index (χ0n) is 14.9. The molecule has 1 aliphatic rings. The van der Waals surface area contributed by atoms with Crippen molar-refractivity contribution >= 4 is 23.1 Å². The lowest BCUT2D eigenvalue weighted by atomic mass is 10.1. The van der Waals surface area contributed by atoms with Crippen LogP contribution in [0.25, 0.3) is 22.4 Å². The standard InChI is InChI=1S/C19H17N7O2/c27-9-11-1-3-12(4-2-11)16-24-19(28-26-16)13-5-6-14(7-13)23-17-15-8-22-25-18(15)21-10-20-17/h1-4,8-10,13-14H,5-7H2,(H2,20,21,22,23,25)/t13-,14-/m0/s1. The Bertz CT molecular complexity index is 1120. The third-order valence-electron chi connectivity index (χ3n) is 5.12. The minimum atomic E-state index is 0.203. The Morgan fingerprint density at radius 2 is 2.07 bits per heavy atom. The number of anilines is 1. The van der Waals surface area contributed by atoms with Crippen molar-refractivity contribution in [2.45, 2.75) is 31.2 Å². The second-order valence-electron chi connectivity index (χ2n) is 6.90. The molecular formula is C19H17N7O2. The number of nitrogens with zero attached hydrogens (tertiary/aromatic N) is 5. The summed E-state index contributed by atoms with van der Waals surface area (Å²) in [5, 5.41) is 15.3. The average Bonchev–Trinajstić information content (AvgIpc) is 3.48. The molecule has 0 amide bonds. The van der Waals surface area contributed by atoms with E-state index in [4.69, 9.17) is 4.52 Å². The maximum absolute atomic E-state index is 10.8. The molecule has 4 aromatic rings. The molecule has 0 unspecified atom stereocenters. The summed E-state index contributed by atoms with van der Waals surface area (Å²) in [6.45, 7) is 0. The van der Waals surface area contributed by atoms with Gasteiger partial charge in [0.25, 0.3) is 0 Å². The van der Waals surface area contributed by atoms with Crippen molar-refractivity contribution in [3.8, 4) is 11.4 Å². The number of aldehydes is 1. The van der Waals surface area contributed by atoms with Gasteiger partial charge in [-0.05, 0) is 19.3 Å². The van der Waals surface area contributed by atoms with Crippen LogP contribution in [-0.2, 0) is 0 Å². The molecule has 3 aromatic heterocycles. The van der Waals surface area contributed by atoms with Crippen molar-refractivity contribution in [3.63, 3.8) is 0 Å². The van der Waals surface area contributed by atoms with Gasteiger partial charge in [-0.3, -0.25) is 9.89 Å². The van der Waals surface area contributed by atoms with Crippen molar-refractivity contribution in [2.75, 3.05) is 5.32 Å². The van der Waals surface area contributed by atoms with Crippen LogP contribution in [0.1, 0.15) is 41.4 Å². The van der Waals surface area contributed by atoms with Crippen LogP contribution in [0.4, 0.5) is 5.82 Å². The first-order valence-electron chi connectivity index (χ1n) is 9.10. The lowest BCUT2D eigenvalue weighted by molar-refractivity contribution is 0.112. The van der Waals surface area contributed by atoms with Gasteiger partial charge in [-0.2, -0.15) is 10.1 Å². The number of fused-ring (bicyclic) bond motifs is 1. The van der Waals surface area contributed by atoms with Gasteiger partial charge in [0.1, 0.15) is 18.4 Å². The lowest BCUT2D eigenvalue weighted by Crippen LogP contribution is -2.16. The van der Waals surface area contributed by atoms with Gasteiger partial charge < -0.3 is 9.84 Å². The summed E-state index contributed by atoms with van der Waals surface area (Å²) in [5.41, 5.74) is 2.17. The molecule has 3 heterocycles. The predicted octanol–water partition coefficient (Wildman–Crippen LogP) is 2.96. The Morgan fingerprint density at radius 3 is 2.93 bits per heavy atom. The fraction of sp³-hybridized carbons (Fsp3) is 0.263. The second-order valence-corrected chi connectivity index (χ2v) is 6.90. The van der Waals surface area contributed by atoms with Crippen LogP contribution in [0.5, 0.6) is 0 Å². The first-order valence-corrected chi connectivity index (χ1v) is 9.10. The number of hydrogen-bond acceptors (Lipinski definition) is 8. The first kappa shape index (κ1) is 16.5. The molecule has 0 saturated heterocycles. The fourth-order valence-corrected chi connectivity index (χ4v) is 3.64. The van der Waals surface area contributed by atoms with Crippen LogP contribution in [-0.4, -0.2) is 42.6 Å². The molecule has 9 heteroatoms. The molecule has 1 saturated carbocycles. The number of aromatic nitrogens is 6. The van der Waals surface area contributed by atoms with E-state index in [1.807, 2.05) is 12.1 Å². The lowest BCUT2D eigenvalue weighted by Gasteiger charge is -2.13. The molecule has 5 rings (SSSR count). The largest absolute Gasteiger partial charge is 0.367 e. The van der Waals surface area contributed by atoms with Crippen molar-refractivity contribution in [1.82, 2.24) is 30.3 Å². The summed E-state index contributed by atoms with van der Waals surface area (Å²) < 4.78 is 5.52. The summed E-state index contributed by atoms with van der Waals surface area (Å²) >= 11 is 0. The fourth-order valence-electron chi connectivity index (χ4n) is 3.64. The molecule has 0 bridgehead atoms. The minimum absolute atomic E-state index is 0.203. The number of hydrogen-bond donors (Lipinski definition) is 2. The summed E-state index contributed by atoms with van der Waals surface area (Å²) in [4.78, 5) is 23.8. The molecular weight excluding hydrogens is 358 g/mol. The molecule has 140 valence electrons. The Labute approximate surface area is 159 Å². The zero-order chi connectivity index (χ0) is 18.9. The quantitative estimate of drug-likeness (QED) is 0.510. The average molecular weight is 375 g/mol. The number of nitrogens with one attached hydrogen (secondary N) is 2. The molecule has 0 radical (unpaired) electrons. The number of H-pyrrole nitrogens is 1. The van der Waals surface area contributed by atoms with Crippen molar-refractivity contribution in [2.24, 2.45) is 0 Å². The van der Waals surface area contributed by atoms with Crippen molar-refractivity contribution in [1.29, 1.82) is 0 Å². The van der Waals surface area contributed by atoms with Gasteiger partial charge in [-0.25, -0.2) is 9.97 Å². The van der Waals surface area contributed by atoms with E-state index in [1.165, 1.54) is 6.33 Å². The number of benzene rings is 1.